The molecule has 1 atom stereocenters. The van der Waals surface area contributed by atoms with Crippen LogP contribution in [0.3, 0.4) is 0 Å². The van der Waals surface area contributed by atoms with Gasteiger partial charge in [0.05, 0.1) is 11.2 Å². The zero-order valence-electron chi connectivity index (χ0n) is 12.7. The summed E-state index contributed by atoms with van der Waals surface area (Å²) < 4.78 is 0. The Morgan fingerprint density at radius 2 is 1.70 bits per heavy atom. The molecule has 0 radical (unpaired) electrons. The van der Waals surface area contributed by atoms with Gasteiger partial charge >= 0.3 is 0 Å². The van der Waals surface area contributed by atoms with E-state index < -0.39 is 0 Å². The van der Waals surface area contributed by atoms with Crippen molar-refractivity contribution in [2.75, 3.05) is 18.0 Å². The van der Waals surface area contributed by atoms with Crippen LogP contribution in [0.1, 0.15) is 6.42 Å². The van der Waals surface area contributed by atoms with E-state index in [4.69, 9.17) is 15.7 Å². The highest BCUT2D eigenvalue weighted by Crippen LogP contribution is 2.28. The number of hydrogen-bond donors (Lipinski definition) is 1. The zero-order chi connectivity index (χ0) is 14.9. The molecule has 0 amide bonds. The normalized spacial score (nSPS) is 17.3. The van der Waals surface area contributed by atoms with Crippen molar-refractivity contribution in [3.05, 3.63) is 54.6 Å². The predicted octanol–water partition coefficient (Wildman–Crippen LogP) is 3.26. The number of hydrogen-bond acceptors (Lipinski definition) is 4. The summed E-state index contributed by atoms with van der Waals surface area (Å²) in [6.07, 6.45) is 0.997. The van der Waals surface area contributed by atoms with E-state index in [1.165, 1.54) is 0 Å². The van der Waals surface area contributed by atoms with Crippen LogP contribution in [0.4, 0.5) is 5.95 Å². The minimum atomic E-state index is 0. The van der Waals surface area contributed by atoms with Gasteiger partial charge in [-0.25, -0.2) is 9.97 Å². The summed E-state index contributed by atoms with van der Waals surface area (Å²) in [5.41, 5.74) is 9.11. The van der Waals surface area contributed by atoms with Gasteiger partial charge in [-0.3, -0.25) is 0 Å². The van der Waals surface area contributed by atoms with Crippen molar-refractivity contribution in [2.24, 2.45) is 5.73 Å². The first-order valence-electron chi connectivity index (χ1n) is 7.64. The third-order valence-corrected chi connectivity index (χ3v) is 4.15. The van der Waals surface area contributed by atoms with Crippen LogP contribution in [-0.2, 0) is 0 Å². The molecule has 1 saturated heterocycles. The molecule has 1 aliphatic heterocycles. The van der Waals surface area contributed by atoms with E-state index in [0.717, 1.165) is 47.6 Å². The summed E-state index contributed by atoms with van der Waals surface area (Å²) in [5, 5.41) is 1.08. The first-order chi connectivity index (χ1) is 10.8. The van der Waals surface area contributed by atoms with Crippen LogP contribution in [0.15, 0.2) is 54.6 Å². The third-order valence-electron chi connectivity index (χ3n) is 4.15. The molecule has 3 aromatic rings. The minimum absolute atomic E-state index is 0. The molecule has 5 heteroatoms. The maximum atomic E-state index is 6.03. The summed E-state index contributed by atoms with van der Waals surface area (Å²) in [4.78, 5) is 11.8. The van der Waals surface area contributed by atoms with E-state index in [-0.39, 0.29) is 18.4 Å². The van der Waals surface area contributed by atoms with Crippen molar-refractivity contribution >= 4 is 29.3 Å². The number of nitrogens with two attached hydrogens (primary N) is 1. The number of aromatic nitrogens is 2. The Balaban J connectivity index is 0.00000156. The second-order valence-electron chi connectivity index (χ2n) is 5.75. The number of benzene rings is 2. The average Bonchev–Trinajstić information content (AvgIpc) is 3.01. The van der Waals surface area contributed by atoms with Gasteiger partial charge < -0.3 is 10.6 Å². The van der Waals surface area contributed by atoms with Gasteiger partial charge in [-0.05, 0) is 12.5 Å². The molecule has 4 rings (SSSR count). The summed E-state index contributed by atoms with van der Waals surface area (Å²) in [6, 6.07) is 18.7. The molecule has 0 spiro atoms. The molecule has 1 fully saturated rings. The Kier molecular flexibility index (Phi) is 4.46. The molecule has 23 heavy (non-hydrogen) atoms. The fraction of sp³-hybridized carbons (Fsp3) is 0.222. The second-order valence-corrected chi connectivity index (χ2v) is 5.75. The molecule has 0 unspecified atom stereocenters. The Bertz CT molecular complexity index is 806. The Labute approximate surface area is 141 Å². The van der Waals surface area contributed by atoms with Crippen LogP contribution in [0, 0.1) is 0 Å². The number of anilines is 1. The lowest BCUT2D eigenvalue weighted by atomic mass is 10.1. The Hall–Kier alpha value is -2.17. The topological polar surface area (TPSA) is 55.0 Å². The average molecular weight is 327 g/mol. The molecule has 2 N–H and O–H groups in total. The SMILES string of the molecule is Cl.N[C@H]1CCN(c2nc(-c3ccccc3)c3ccccc3n2)C1. The van der Waals surface area contributed by atoms with Gasteiger partial charge in [0.2, 0.25) is 5.95 Å². The highest BCUT2D eigenvalue weighted by atomic mass is 35.5. The maximum Gasteiger partial charge on any atom is 0.226 e. The van der Waals surface area contributed by atoms with Crippen LogP contribution in [0.5, 0.6) is 0 Å². The van der Waals surface area contributed by atoms with Gasteiger partial charge in [-0.2, -0.15) is 0 Å². The van der Waals surface area contributed by atoms with Gasteiger partial charge in [0, 0.05) is 30.1 Å². The standard InChI is InChI=1S/C18H18N4.ClH/c19-14-10-11-22(12-14)18-20-16-9-5-4-8-15(16)17(21-18)13-6-2-1-3-7-13;/h1-9,14H,10-12,19H2;1H/t14-;/m0./s1. The Morgan fingerprint density at radius 1 is 0.957 bits per heavy atom. The first kappa shape index (κ1) is 15.7. The largest absolute Gasteiger partial charge is 0.339 e. The van der Waals surface area contributed by atoms with E-state index in [2.05, 4.69) is 23.1 Å². The van der Waals surface area contributed by atoms with Gasteiger partial charge in [0.1, 0.15) is 0 Å². The van der Waals surface area contributed by atoms with Crippen molar-refractivity contribution in [3.63, 3.8) is 0 Å². The third kappa shape index (κ3) is 3.00. The lowest BCUT2D eigenvalue weighted by Crippen LogP contribution is -2.27. The molecule has 1 aliphatic rings. The van der Waals surface area contributed by atoms with Crippen molar-refractivity contribution in [2.45, 2.75) is 12.5 Å². The van der Waals surface area contributed by atoms with Gasteiger partial charge in [-0.15, -0.1) is 12.4 Å². The fourth-order valence-corrected chi connectivity index (χ4v) is 2.99. The molecule has 0 aliphatic carbocycles. The van der Waals surface area contributed by atoms with Crippen LogP contribution in [0.25, 0.3) is 22.2 Å². The van der Waals surface area contributed by atoms with Crippen LogP contribution in [-0.4, -0.2) is 29.1 Å². The molecule has 2 heterocycles. The van der Waals surface area contributed by atoms with Crippen molar-refractivity contribution in [3.8, 4) is 11.3 Å². The fourth-order valence-electron chi connectivity index (χ4n) is 2.99. The zero-order valence-corrected chi connectivity index (χ0v) is 13.5. The molecule has 4 nitrogen and oxygen atoms in total. The van der Waals surface area contributed by atoms with E-state index in [1.807, 2.05) is 36.4 Å². The van der Waals surface area contributed by atoms with Gasteiger partial charge in [-0.1, -0.05) is 48.5 Å². The summed E-state index contributed by atoms with van der Waals surface area (Å²) in [5.74, 6) is 0.783. The summed E-state index contributed by atoms with van der Waals surface area (Å²) >= 11 is 0. The van der Waals surface area contributed by atoms with Crippen LogP contribution in [0.2, 0.25) is 0 Å². The van der Waals surface area contributed by atoms with E-state index in [0.29, 0.717) is 0 Å². The van der Waals surface area contributed by atoms with Gasteiger partial charge in [0.25, 0.3) is 0 Å². The van der Waals surface area contributed by atoms with Crippen molar-refractivity contribution in [1.82, 2.24) is 9.97 Å². The first-order valence-corrected chi connectivity index (χ1v) is 7.64. The minimum Gasteiger partial charge on any atom is -0.339 e. The molecule has 2 aromatic carbocycles. The molecular weight excluding hydrogens is 308 g/mol. The van der Waals surface area contributed by atoms with E-state index >= 15 is 0 Å². The number of nitrogens with zero attached hydrogens (tertiary/aromatic N) is 3. The highest BCUT2D eigenvalue weighted by Gasteiger charge is 2.22. The monoisotopic (exact) mass is 326 g/mol. The molecule has 1 aromatic heterocycles. The summed E-state index contributed by atoms with van der Waals surface area (Å²) in [7, 11) is 0. The smallest absolute Gasteiger partial charge is 0.226 e. The number of para-hydroxylation sites is 1. The van der Waals surface area contributed by atoms with Gasteiger partial charge in [0.15, 0.2) is 0 Å². The summed E-state index contributed by atoms with van der Waals surface area (Å²) in [6.45, 7) is 1.75. The molecular formula is C18H19ClN4. The highest BCUT2D eigenvalue weighted by molar-refractivity contribution is 5.93. The Morgan fingerprint density at radius 3 is 2.43 bits per heavy atom. The number of fused-ring (bicyclic) bond motifs is 1. The van der Waals surface area contributed by atoms with Crippen LogP contribution < -0.4 is 10.6 Å². The lowest BCUT2D eigenvalue weighted by Gasteiger charge is -2.17. The molecule has 118 valence electrons. The van der Waals surface area contributed by atoms with Crippen LogP contribution >= 0.6 is 12.4 Å². The maximum absolute atomic E-state index is 6.03. The van der Waals surface area contributed by atoms with E-state index in [9.17, 15) is 0 Å². The van der Waals surface area contributed by atoms with Crippen molar-refractivity contribution in [1.29, 1.82) is 0 Å². The number of rotatable bonds is 2. The quantitative estimate of drug-likeness (QED) is 0.785. The molecule has 0 bridgehead atoms. The van der Waals surface area contributed by atoms with Crippen molar-refractivity contribution < 1.29 is 0 Å². The molecule has 0 saturated carbocycles. The lowest BCUT2D eigenvalue weighted by molar-refractivity contribution is 0.750. The number of halogens is 1. The predicted molar refractivity (Wildman–Crippen MR) is 97.0 cm³/mol. The second kappa shape index (κ2) is 6.52. The van der Waals surface area contributed by atoms with E-state index in [1.54, 1.807) is 0 Å².